The van der Waals surface area contributed by atoms with E-state index in [0.717, 1.165) is 4.31 Å². The van der Waals surface area contributed by atoms with E-state index in [4.69, 9.17) is 14.2 Å². The van der Waals surface area contributed by atoms with Crippen LogP contribution in [0.2, 0.25) is 0 Å². The van der Waals surface area contributed by atoms with Gasteiger partial charge >= 0.3 is 0 Å². The van der Waals surface area contributed by atoms with Gasteiger partial charge in [0.25, 0.3) is 0 Å². The molecular weight excluding hydrogens is 372 g/mol. The highest BCUT2D eigenvalue weighted by Gasteiger charge is 2.26. The standard InChI is InChI=1S/C18H20N2O6S/c1-3-27(22,23)20(13-8-9-16-17(10-13)26-12-25-16)11-18(21)19-14-6-4-5-7-15(14)24-2/h4-10H,3,11-12H2,1-2H3,(H,19,21). The number of hydrogen-bond acceptors (Lipinski definition) is 6. The number of ether oxygens (including phenoxy) is 3. The molecular formula is C18H20N2O6S. The van der Waals surface area contributed by atoms with Gasteiger partial charge in [0.2, 0.25) is 22.7 Å². The fraction of sp³-hybridized carbons (Fsp3) is 0.278. The first-order chi connectivity index (χ1) is 12.9. The lowest BCUT2D eigenvalue weighted by atomic mass is 10.2. The van der Waals surface area contributed by atoms with Gasteiger partial charge in [-0.1, -0.05) is 12.1 Å². The number of hydrogen-bond donors (Lipinski definition) is 1. The van der Waals surface area contributed by atoms with Crippen LogP contribution in [-0.4, -0.2) is 40.5 Å². The van der Waals surface area contributed by atoms with Crippen molar-refractivity contribution >= 4 is 27.3 Å². The Hall–Kier alpha value is -2.94. The lowest BCUT2D eigenvalue weighted by molar-refractivity contribution is -0.114. The zero-order valence-electron chi connectivity index (χ0n) is 15.0. The number of carbonyl (C=O) groups excluding carboxylic acids is 1. The van der Waals surface area contributed by atoms with Crippen LogP contribution in [0.15, 0.2) is 42.5 Å². The minimum absolute atomic E-state index is 0.0770. The third-order valence-electron chi connectivity index (χ3n) is 4.01. The van der Waals surface area contributed by atoms with Crippen LogP contribution in [-0.2, 0) is 14.8 Å². The summed E-state index contributed by atoms with van der Waals surface area (Å²) in [7, 11) is -2.20. The molecule has 1 amide bonds. The van der Waals surface area contributed by atoms with Gasteiger partial charge in [-0.3, -0.25) is 9.10 Å². The van der Waals surface area contributed by atoms with Crippen LogP contribution < -0.4 is 23.8 Å². The fourth-order valence-electron chi connectivity index (χ4n) is 2.61. The molecule has 0 aromatic heterocycles. The van der Waals surface area contributed by atoms with Crippen molar-refractivity contribution in [2.24, 2.45) is 0 Å². The first-order valence-corrected chi connectivity index (χ1v) is 9.88. The van der Waals surface area contributed by atoms with Crippen LogP contribution >= 0.6 is 0 Å². The number of carbonyl (C=O) groups is 1. The van der Waals surface area contributed by atoms with Crippen molar-refractivity contribution in [3.63, 3.8) is 0 Å². The highest BCUT2D eigenvalue weighted by atomic mass is 32.2. The van der Waals surface area contributed by atoms with Crippen LogP contribution in [0, 0.1) is 0 Å². The maximum atomic E-state index is 12.6. The third kappa shape index (κ3) is 4.08. The number of anilines is 2. The molecule has 1 aliphatic heterocycles. The molecule has 2 aromatic rings. The summed E-state index contributed by atoms with van der Waals surface area (Å²) in [6.45, 7) is 1.22. The van der Waals surface area contributed by atoms with Crippen LogP contribution in [0.3, 0.4) is 0 Å². The van der Waals surface area contributed by atoms with Crippen LogP contribution in [0.4, 0.5) is 11.4 Å². The van der Waals surface area contributed by atoms with Gasteiger partial charge in [-0.15, -0.1) is 0 Å². The van der Waals surface area contributed by atoms with E-state index in [9.17, 15) is 13.2 Å². The van der Waals surface area contributed by atoms with Gasteiger partial charge in [0.05, 0.1) is 24.2 Å². The fourth-order valence-corrected chi connectivity index (χ4v) is 3.67. The highest BCUT2D eigenvalue weighted by molar-refractivity contribution is 7.92. The summed E-state index contributed by atoms with van der Waals surface area (Å²) in [5.74, 6) is 0.816. The summed E-state index contributed by atoms with van der Waals surface area (Å²) in [5, 5.41) is 2.68. The zero-order valence-corrected chi connectivity index (χ0v) is 15.8. The summed E-state index contributed by atoms with van der Waals surface area (Å²) >= 11 is 0. The van der Waals surface area contributed by atoms with Gasteiger partial charge < -0.3 is 19.5 Å². The molecule has 0 saturated heterocycles. The Bertz CT molecular complexity index is 945. The van der Waals surface area contributed by atoms with Crippen molar-refractivity contribution in [2.45, 2.75) is 6.92 Å². The molecule has 0 atom stereocenters. The van der Waals surface area contributed by atoms with Crippen molar-refractivity contribution in [1.29, 1.82) is 0 Å². The van der Waals surface area contributed by atoms with E-state index >= 15 is 0 Å². The Morgan fingerprint density at radius 1 is 1.19 bits per heavy atom. The summed E-state index contributed by atoms with van der Waals surface area (Å²) < 4.78 is 41.9. The maximum Gasteiger partial charge on any atom is 0.245 e. The number of fused-ring (bicyclic) bond motifs is 1. The minimum atomic E-state index is -3.69. The molecule has 144 valence electrons. The van der Waals surface area contributed by atoms with Crippen LogP contribution in [0.25, 0.3) is 0 Å². The monoisotopic (exact) mass is 392 g/mol. The van der Waals surface area contributed by atoms with Gasteiger partial charge in [-0.05, 0) is 31.2 Å². The van der Waals surface area contributed by atoms with E-state index in [-0.39, 0.29) is 19.1 Å². The first kappa shape index (κ1) is 18.8. The molecule has 0 spiro atoms. The Kier molecular flexibility index (Phi) is 5.41. The van der Waals surface area contributed by atoms with Gasteiger partial charge in [0.15, 0.2) is 11.5 Å². The normalized spacial score (nSPS) is 12.5. The predicted octanol–water partition coefficient (Wildman–Crippen LogP) is 2.22. The molecule has 2 aromatic carbocycles. The van der Waals surface area contributed by atoms with Crippen LogP contribution in [0.1, 0.15) is 6.92 Å². The molecule has 1 aliphatic rings. The third-order valence-corrected chi connectivity index (χ3v) is 5.75. The smallest absolute Gasteiger partial charge is 0.245 e. The Labute approximate surface area is 157 Å². The van der Waals surface area contributed by atoms with E-state index < -0.39 is 15.9 Å². The van der Waals surface area contributed by atoms with Gasteiger partial charge in [-0.25, -0.2) is 8.42 Å². The molecule has 1 N–H and O–H groups in total. The van der Waals surface area contributed by atoms with Gasteiger partial charge in [0, 0.05) is 6.07 Å². The lowest BCUT2D eigenvalue weighted by Gasteiger charge is -2.23. The number of nitrogens with one attached hydrogen (secondary N) is 1. The quantitative estimate of drug-likeness (QED) is 0.777. The number of benzene rings is 2. The number of para-hydroxylation sites is 2. The molecule has 0 bridgehead atoms. The van der Waals surface area contributed by atoms with Gasteiger partial charge in [-0.2, -0.15) is 0 Å². The van der Waals surface area contributed by atoms with Crippen molar-refractivity contribution in [1.82, 2.24) is 0 Å². The zero-order chi connectivity index (χ0) is 19.4. The van der Waals surface area contributed by atoms with E-state index in [1.165, 1.54) is 14.0 Å². The second-order valence-corrected chi connectivity index (χ2v) is 7.88. The van der Waals surface area contributed by atoms with Gasteiger partial charge in [0.1, 0.15) is 12.3 Å². The molecule has 9 heteroatoms. The van der Waals surface area contributed by atoms with E-state index in [0.29, 0.717) is 28.6 Å². The predicted molar refractivity (Wildman–Crippen MR) is 101 cm³/mol. The van der Waals surface area contributed by atoms with E-state index in [2.05, 4.69) is 5.32 Å². The summed E-state index contributed by atoms with van der Waals surface area (Å²) in [5.41, 5.74) is 0.792. The average Bonchev–Trinajstić information content (AvgIpc) is 3.14. The molecule has 3 rings (SSSR count). The van der Waals surface area contributed by atoms with Crippen molar-refractivity contribution in [2.75, 3.05) is 35.8 Å². The first-order valence-electron chi connectivity index (χ1n) is 8.27. The molecule has 0 unspecified atom stereocenters. The number of sulfonamides is 1. The SMILES string of the molecule is CCS(=O)(=O)N(CC(=O)Nc1ccccc1OC)c1ccc2c(c1)OCO2. The topological polar surface area (TPSA) is 94.2 Å². The number of rotatable bonds is 7. The molecule has 1 heterocycles. The van der Waals surface area contributed by atoms with E-state index in [1.54, 1.807) is 42.5 Å². The molecule has 0 saturated carbocycles. The Morgan fingerprint density at radius 2 is 1.93 bits per heavy atom. The largest absolute Gasteiger partial charge is 0.495 e. The second-order valence-electron chi connectivity index (χ2n) is 5.69. The summed E-state index contributed by atoms with van der Waals surface area (Å²) in [6, 6.07) is 11.6. The number of methoxy groups -OCH3 is 1. The number of amides is 1. The Balaban J connectivity index is 1.85. The average molecular weight is 392 g/mol. The summed E-state index contributed by atoms with van der Waals surface area (Å²) in [6.07, 6.45) is 0. The lowest BCUT2D eigenvalue weighted by Crippen LogP contribution is -2.39. The minimum Gasteiger partial charge on any atom is -0.495 e. The molecule has 27 heavy (non-hydrogen) atoms. The molecule has 0 aliphatic carbocycles. The van der Waals surface area contributed by atoms with Crippen molar-refractivity contribution < 1.29 is 27.4 Å². The van der Waals surface area contributed by atoms with Crippen molar-refractivity contribution in [3.05, 3.63) is 42.5 Å². The summed E-state index contributed by atoms with van der Waals surface area (Å²) in [4.78, 5) is 12.5. The molecule has 0 radical (unpaired) electrons. The maximum absolute atomic E-state index is 12.6. The van der Waals surface area contributed by atoms with Crippen molar-refractivity contribution in [3.8, 4) is 17.2 Å². The molecule has 0 fully saturated rings. The number of nitrogens with zero attached hydrogens (tertiary/aromatic N) is 1. The molecule has 8 nitrogen and oxygen atoms in total. The second kappa shape index (κ2) is 7.75. The Morgan fingerprint density at radius 3 is 2.67 bits per heavy atom. The highest BCUT2D eigenvalue weighted by Crippen LogP contribution is 2.36. The van der Waals surface area contributed by atoms with E-state index in [1.807, 2.05) is 0 Å². The van der Waals surface area contributed by atoms with Crippen LogP contribution in [0.5, 0.6) is 17.2 Å².